The highest BCUT2D eigenvalue weighted by Gasteiger charge is 2.43. The summed E-state index contributed by atoms with van der Waals surface area (Å²) in [6.07, 6.45) is 1.84. The van der Waals surface area contributed by atoms with Gasteiger partial charge >= 0.3 is 5.97 Å². The Bertz CT molecular complexity index is 728. The number of esters is 1. The number of hydrogen-bond acceptors (Lipinski definition) is 5. The van der Waals surface area contributed by atoms with Gasteiger partial charge in [-0.1, -0.05) is 25.4 Å². The number of carbonyl (C=O) groups is 2. The van der Waals surface area contributed by atoms with Gasteiger partial charge in [0, 0.05) is 12.6 Å². The average Bonchev–Trinajstić information content (AvgIpc) is 2.80. The lowest BCUT2D eigenvalue weighted by atomic mass is 9.89. The molecule has 24 heavy (non-hydrogen) atoms. The minimum Gasteiger partial charge on any atom is -0.462 e. The average molecular weight is 417 g/mol. The second-order valence-electron chi connectivity index (χ2n) is 6.34. The number of hydrogen-bond donors (Lipinski definition) is 0. The lowest BCUT2D eigenvalue weighted by molar-refractivity contribution is -0.140. The van der Waals surface area contributed by atoms with Crippen LogP contribution in [0.4, 0.5) is 0 Å². The van der Waals surface area contributed by atoms with Gasteiger partial charge in [0.2, 0.25) is 0 Å². The molecule has 0 saturated heterocycles. The van der Waals surface area contributed by atoms with Crippen LogP contribution in [0, 0.1) is 5.92 Å². The fourth-order valence-electron chi connectivity index (χ4n) is 3.35. The van der Waals surface area contributed by atoms with E-state index in [4.69, 9.17) is 16.3 Å². The Kier molecular flexibility index (Phi) is 4.75. The van der Waals surface area contributed by atoms with Crippen LogP contribution in [0.2, 0.25) is 5.02 Å². The van der Waals surface area contributed by atoms with Crippen LogP contribution in [0.1, 0.15) is 38.9 Å². The van der Waals surface area contributed by atoms with Crippen LogP contribution in [0.15, 0.2) is 16.4 Å². The summed E-state index contributed by atoms with van der Waals surface area (Å²) in [6, 6.07) is -0.106. The zero-order valence-corrected chi connectivity index (χ0v) is 16.1. The maximum atomic E-state index is 12.5. The van der Waals surface area contributed by atoms with Crippen LogP contribution < -0.4 is 0 Å². The van der Waals surface area contributed by atoms with Crippen molar-refractivity contribution in [2.45, 2.75) is 45.8 Å². The van der Waals surface area contributed by atoms with Crippen LogP contribution in [-0.4, -0.2) is 39.1 Å². The van der Waals surface area contributed by atoms with Gasteiger partial charge in [-0.05, 0) is 28.8 Å². The molecule has 0 bridgehead atoms. The molecule has 2 aliphatic heterocycles. The number of Topliss-reactive ketones (excluding diaryl/α,β-unsaturated/α-hetero) is 1. The Morgan fingerprint density at radius 3 is 2.88 bits per heavy atom. The van der Waals surface area contributed by atoms with Crippen molar-refractivity contribution in [1.82, 2.24) is 14.7 Å². The van der Waals surface area contributed by atoms with Crippen molar-refractivity contribution < 1.29 is 14.3 Å². The molecular weight excluding hydrogens is 398 g/mol. The van der Waals surface area contributed by atoms with Gasteiger partial charge in [0.05, 0.1) is 36.0 Å². The predicted octanol–water partition coefficient (Wildman–Crippen LogP) is 3.10. The van der Waals surface area contributed by atoms with E-state index < -0.39 is 5.97 Å². The molecule has 0 radical (unpaired) electrons. The molecule has 6 nitrogen and oxygen atoms in total. The number of aromatic nitrogens is 2. The highest BCUT2D eigenvalue weighted by Crippen LogP contribution is 2.43. The zero-order chi connectivity index (χ0) is 17.6. The maximum absolute atomic E-state index is 12.5. The second kappa shape index (κ2) is 6.52. The molecule has 0 amide bonds. The number of fused-ring (bicyclic) bond motifs is 3. The molecule has 1 unspecified atom stereocenters. The Hall–Kier alpha value is -1.34. The highest BCUT2D eigenvalue weighted by molar-refractivity contribution is 9.10. The number of ketones is 1. The van der Waals surface area contributed by atoms with Crippen LogP contribution in [0.25, 0.3) is 0 Å². The first kappa shape index (κ1) is 17.5. The van der Waals surface area contributed by atoms with E-state index in [0.717, 1.165) is 5.69 Å². The minimum absolute atomic E-state index is 0.113. The summed E-state index contributed by atoms with van der Waals surface area (Å²) in [6.45, 7) is 6.84. The quantitative estimate of drug-likeness (QED) is 0.559. The first-order valence-electron chi connectivity index (χ1n) is 7.96. The summed E-state index contributed by atoms with van der Waals surface area (Å²) < 4.78 is 7.47. The Balaban J connectivity index is 2.08. The van der Waals surface area contributed by atoms with Gasteiger partial charge < -0.3 is 9.64 Å². The Morgan fingerprint density at radius 1 is 1.54 bits per heavy atom. The standard InChI is InChI=1S/C16H19BrClN3O3/c1-4-24-16(23)9-6-20-10(5-12(9)22)14-13(18)15(17)19-21(14)7-11(20)8(2)3/h6,8,10-11H,4-5,7H2,1-3H3/t10?,11-/m0/s1. The molecule has 0 fully saturated rings. The topological polar surface area (TPSA) is 64.4 Å². The van der Waals surface area contributed by atoms with Crippen molar-refractivity contribution in [3.8, 4) is 0 Å². The van der Waals surface area contributed by atoms with E-state index in [0.29, 0.717) is 22.1 Å². The van der Waals surface area contributed by atoms with E-state index in [2.05, 4.69) is 39.8 Å². The van der Waals surface area contributed by atoms with Gasteiger partial charge in [-0.2, -0.15) is 5.10 Å². The fraction of sp³-hybridized carbons (Fsp3) is 0.562. The summed E-state index contributed by atoms with van der Waals surface area (Å²) in [5, 5.41) is 4.96. The third-order valence-electron chi connectivity index (χ3n) is 4.53. The lowest BCUT2D eigenvalue weighted by Crippen LogP contribution is -2.49. The van der Waals surface area contributed by atoms with Gasteiger partial charge in [0.1, 0.15) is 10.2 Å². The molecule has 2 aliphatic rings. The number of nitrogens with zero attached hydrogens (tertiary/aromatic N) is 3. The second-order valence-corrected chi connectivity index (χ2v) is 7.47. The van der Waals surface area contributed by atoms with E-state index in [9.17, 15) is 9.59 Å². The van der Waals surface area contributed by atoms with Crippen molar-refractivity contribution in [3.05, 3.63) is 27.1 Å². The zero-order valence-electron chi connectivity index (χ0n) is 13.8. The highest BCUT2D eigenvalue weighted by atomic mass is 79.9. The molecule has 3 heterocycles. The molecule has 0 saturated carbocycles. The van der Waals surface area contributed by atoms with E-state index in [1.54, 1.807) is 13.1 Å². The fourth-order valence-corrected chi connectivity index (χ4v) is 4.00. The van der Waals surface area contributed by atoms with E-state index >= 15 is 0 Å². The van der Waals surface area contributed by atoms with Gasteiger partial charge in [0.15, 0.2) is 5.78 Å². The van der Waals surface area contributed by atoms with Crippen LogP contribution in [-0.2, 0) is 20.9 Å². The SMILES string of the molecule is CCOC(=O)C1=CN2C(CC1=O)c1c(Cl)c(Br)nn1C[C@H]2C(C)C. The minimum atomic E-state index is -0.560. The monoisotopic (exact) mass is 415 g/mol. The first-order valence-corrected chi connectivity index (χ1v) is 9.13. The van der Waals surface area contributed by atoms with Gasteiger partial charge in [-0.3, -0.25) is 9.48 Å². The first-order chi connectivity index (χ1) is 11.3. The number of rotatable bonds is 3. The van der Waals surface area contributed by atoms with Crippen LogP contribution in [0.5, 0.6) is 0 Å². The van der Waals surface area contributed by atoms with Gasteiger partial charge in [-0.15, -0.1) is 0 Å². The summed E-state index contributed by atoms with van der Waals surface area (Å²) in [7, 11) is 0. The molecule has 3 rings (SSSR count). The maximum Gasteiger partial charge on any atom is 0.343 e. The summed E-state index contributed by atoms with van der Waals surface area (Å²) in [4.78, 5) is 26.7. The van der Waals surface area contributed by atoms with Crippen molar-refractivity contribution in [2.24, 2.45) is 5.92 Å². The van der Waals surface area contributed by atoms with Crippen molar-refractivity contribution in [3.63, 3.8) is 0 Å². The molecule has 8 heteroatoms. The third kappa shape index (κ3) is 2.77. The van der Waals surface area contributed by atoms with Gasteiger partial charge in [-0.25, -0.2) is 4.79 Å². The molecule has 0 aromatic carbocycles. The molecule has 0 spiro atoms. The molecule has 130 valence electrons. The van der Waals surface area contributed by atoms with E-state index in [1.807, 2.05) is 4.68 Å². The van der Waals surface area contributed by atoms with Crippen molar-refractivity contribution in [1.29, 1.82) is 0 Å². The summed E-state index contributed by atoms with van der Waals surface area (Å²) in [5.41, 5.74) is 0.926. The molecule has 0 aliphatic carbocycles. The Labute approximate surface area is 153 Å². The van der Waals surface area contributed by atoms with Gasteiger partial charge in [0.25, 0.3) is 0 Å². The van der Waals surface area contributed by atoms with E-state index in [-0.39, 0.29) is 36.5 Å². The van der Waals surface area contributed by atoms with Crippen LogP contribution in [0.3, 0.4) is 0 Å². The molecule has 0 N–H and O–H groups in total. The molecule has 1 aromatic rings. The third-order valence-corrected chi connectivity index (χ3v) is 5.69. The summed E-state index contributed by atoms with van der Waals surface area (Å²) in [5.74, 6) is -0.468. The smallest absolute Gasteiger partial charge is 0.343 e. The molecular formula is C16H19BrClN3O3. The Morgan fingerprint density at radius 2 is 2.25 bits per heavy atom. The molecule has 1 aromatic heterocycles. The summed E-state index contributed by atoms with van der Waals surface area (Å²) >= 11 is 9.75. The van der Waals surface area contributed by atoms with Crippen molar-refractivity contribution in [2.75, 3.05) is 6.61 Å². The number of ether oxygens (including phenoxy) is 1. The lowest BCUT2D eigenvalue weighted by Gasteiger charge is -2.45. The normalized spacial score (nSPS) is 23.0. The predicted molar refractivity (Wildman–Crippen MR) is 92.5 cm³/mol. The van der Waals surface area contributed by atoms with Crippen LogP contribution >= 0.6 is 27.5 Å². The van der Waals surface area contributed by atoms with Crippen molar-refractivity contribution >= 4 is 39.3 Å². The number of halogens is 2. The van der Waals surface area contributed by atoms with E-state index in [1.165, 1.54) is 0 Å². The molecule has 2 atom stereocenters. The number of carbonyl (C=O) groups excluding carboxylic acids is 2. The largest absolute Gasteiger partial charge is 0.462 e.